The molecule has 0 rings (SSSR count). The van der Waals surface area contributed by atoms with Crippen molar-refractivity contribution >= 4 is 5.97 Å². The number of hydrogen-bond acceptors (Lipinski definition) is 2. The summed E-state index contributed by atoms with van der Waals surface area (Å²) < 4.78 is 5.22. The van der Waals surface area contributed by atoms with Crippen LogP contribution in [0.15, 0.2) is 0 Å². The molecule has 0 N–H and O–H groups in total. The molecule has 0 unspecified atom stereocenters. The van der Waals surface area contributed by atoms with Gasteiger partial charge in [-0.1, -0.05) is 72.1 Å². The fourth-order valence-electron chi connectivity index (χ4n) is 2.11. The Morgan fingerprint density at radius 3 is 2.11 bits per heavy atom. The molecule has 2 heteroatoms. The van der Waals surface area contributed by atoms with Gasteiger partial charge in [0.05, 0.1) is 6.61 Å². The first-order valence-electron chi connectivity index (χ1n) is 7.90. The van der Waals surface area contributed by atoms with Crippen LogP contribution in [-0.2, 0) is 9.53 Å². The van der Waals surface area contributed by atoms with Gasteiger partial charge in [-0.3, -0.25) is 4.79 Å². The van der Waals surface area contributed by atoms with E-state index in [0.29, 0.717) is 18.9 Å². The number of rotatable bonds is 12. The third-order valence-corrected chi connectivity index (χ3v) is 3.56. The molecule has 0 heterocycles. The smallest absolute Gasteiger partial charge is 0.305 e. The number of ether oxygens (including phenoxy) is 1. The zero-order chi connectivity index (χ0) is 13.6. The normalized spacial score (nSPS) is 12.4. The second-order valence-corrected chi connectivity index (χ2v) is 5.22. The maximum atomic E-state index is 11.1. The van der Waals surface area contributed by atoms with E-state index in [9.17, 15) is 4.79 Å². The predicted octanol–water partition coefficient (Wildman–Crippen LogP) is 5.11. The van der Waals surface area contributed by atoms with Gasteiger partial charge < -0.3 is 4.74 Å². The van der Waals surface area contributed by atoms with E-state index in [-0.39, 0.29) is 5.97 Å². The fraction of sp³-hybridized carbons (Fsp3) is 0.938. The van der Waals surface area contributed by atoms with Gasteiger partial charge in [0.25, 0.3) is 0 Å². The Bertz CT molecular complexity index is 190. The lowest BCUT2D eigenvalue weighted by Gasteiger charge is -2.14. The van der Waals surface area contributed by atoms with Crippen molar-refractivity contribution in [1.29, 1.82) is 0 Å². The minimum absolute atomic E-state index is 0.0620. The summed E-state index contributed by atoms with van der Waals surface area (Å²) in [6.45, 7) is 6.91. The van der Waals surface area contributed by atoms with Gasteiger partial charge in [0.2, 0.25) is 0 Å². The van der Waals surface area contributed by atoms with Crippen LogP contribution in [0.5, 0.6) is 0 Å². The molecule has 0 aliphatic rings. The molecule has 0 aromatic rings. The zero-order valence-corrected chi connectivity index (χ0v) is 12.7. The Kier molecular flexibility index (Phi) is 12.5. The fourth-order valence-corrected chi connectivity index (χ4v) is 2.11. The molecule has 0 aromatic heterocycles. The van der Waals surface area contributed by atoms with Gasteiger partial charge in [-0.2, -0.15) is 0 Å². The van der Waals surface area contributed by atoms with Gasteiger partial charge in [0.15, 0.2) is 0 Å². The second kappa shape index (κ2) is 12.9. The van der Waals surface area contributed by atoms with Crippen molar-refractivity contribution in [3.05, 3.63) is 0 Å². The highest BCUT2D eigenvalue weighted by Gasteiger charge is 2.08. The van der Waals surface area contributed by atoms with Crippen LogP contribution in [0.3, 0.4) is 0 Å². The average Bonchev–Trinajstić information content (AvgIpc) is 2.40. The van der Waals surface area contributed by atoms with Crippen LogP contribution >= 0.6 is 0 Å². The molecule has 0 saturated heterocycles. The van der Waals surface area contributed by atoms with Crippen molar-refractivity contribution in [1.82, 2.24) is 0 Å². The molecule has 1 atom stereocenters. The highest BCUT2D eigenvalue weighted by atomic mass is 16.5. The SMILES string of the molecule is CCCCCCCCC[C@@H](CC)COC(=O)CC. The summed E-state index contributed by atoms with van der Waals surface area (Å²) in [5.74, 6) is 0.504. The minimum atomic E-state index is -0.0620. The zero-order valence-electron chi connectivity index (χ0n) is 12.7. The molecule has 0 aliphatic heterocycles. The molecule has 0 radical (unpaired) electrons. The van der Waals surface area contributed by atoms with Crippen molar-refractivity contribution < 1.29 is 9.53 Å². The van der Waals surface area contributed by atoms with Crippen LogP contribution in [0.2, 0.25) is 0 Å². The molecular formula is C16H32O2. The first kappa shape index (κ1) is 17.5. The molecule has 0 bridgehead atoms. The van der Waals surface area contributed by atoms with Crippen LogP contribution in [0.4, 0.5) is 0 Å². The summed E-state index contributed by atoms with van der Waals surface area (Å²) in [5, 5.41) is 0. The third-order valence-electron chi connectivity index (χ3n) is 3.56. The largest absolute Gasteiger partial charge is 0.465 e. The standard InChI is InChI=1S/C16H32O2/c1-4-7-8-9-10-11-12-13-15(5-2)14-18-16(17)6-3/h15H,4-14H2,1-3H3/t15-/m1/s1. The molecule has 0 aromatic carbocycles. The lowest BCUT2D eigenvalue weighted by molar-refractivity contribution is -0.144. The number of carbonyl (C=O) groups excluding carboxylic acids is 1. The molecule has 0 fully saturated rings. The van der Waals surface area contributed by atoms with Gasteiger partial charge in [-0.15, -0.1) is 0 Å². The van der Waals surface area contributed by atoms with E-state index < -0.39 is 0 Å². The molecule has 108 valence electrons. The van der Waals surface area contributed by atoms with Gasteiger partial charge in [-0.05, 0) is 12.3 Å². The van der Waals surface area contributed by atoms with Crippen molar-refractivity contribution in [3.63, 3.8) is 0 Å². The molecule has 0 aliphatic carbocycles. The summed E-state index contributed by atoms with van der Waals surface area (Å²) >= 11 is 0. The Hall–Kier alpha value is -0.530. The number of unbranched alkanes of at least 4 members (excludes halogenated alkanes) is 6. The van der Waals surface area contributed by atoms with Gasteiger partial charge in [0, 0.05) is 6.42 Å². The van der Waals surface area contributed by atoms with Crippen molar-refractivity contribution in [3.8, 4) is 0 Å². The van der Waals surface area contributed by atoms with Gasteiger partial charge in [-0.25, -0.2) is 0 Å². The number of hydrogen-bond donors (Lipinski definition) is 0. The summed E-state index contributed by atoms with van der Waals surface area (Å²) in [6.07, 6.45) is 12.3. The Morgan fingerprint density at radius 2 is 1.56 bits per heavy atom. The molecule has 2 nitrogen and oxygen atoms in total. The van der Waals surface area contributed by atoms with Gasteiger partial charge in [0.1, 0.15) is 0 Å². The Balaban J connectivity index is 3.41. The average molecular weight is 256 g/mol. The minimum Gasteiger partial charge on any atom is -0.465 e. The quantitative estimate of drug-likeness (QED) is 0.358. The Morgan fingerprint density at radius 1 is 0.944 bits per heavy atom. The van der Waals surface area contributed by atoms with E-state index in [0.717, 1.165) is 6.42 Å². The summed E-state index contributed by atoms with van der Waals surface area (Å²) in [7, 11) is 0. The van der Waals surface area contributed by atoms with E-state index in [2.05, 4.69) is 13.8 Å². The number of carbonyl (C=O) groups is 1. The van der Waals surface area contributed by atoms with E-state index in [4.69, 9.17) is 4.74 Å². The summed E-state index contributed by atoms with van der Waals surface area (Å²) in [5.41, 5.74) is 0. The summed E-state index contributed by atoms with van der Waals surface area (Å²) in [6, 6.07) is 0. The maximum Gasteiger partial charge on any atom is 0.305 e. The van der Waals surface area contributed by atoms with Crippen molar-refractivity contribution in [2.45, 2.75) is 85.0 Å². The highest BCUT2D eigenvalue weighted by Crippen LogP contribution is 2.16. The first-order chi connectivity index (χ1) is 8.74. The second-order valence-electron chi connectivity index (χ2n) is 5.22. The van der Waals surface area contributed by atoms with E-state index in [1.165, 1.54) is 51.4 Å². The van der Waals surface area contributed by atoms with Crippen LogP contribution < -0.4 is 0 Å². The predicted molar refractivity (Wildman–Crippen MR) is 77.6 cm³/mol. The van der Waals surface area contributed by atoms with E-state index in [1.54, 1.807) is 0 Å². The molecule has 0 spiro atoms. The first-order valence-corrected chi connectivity index (χ1v) is 7.90. The van der Waals surface area contributed by atoms with E-state index in [1.807, 2.05) is 6.92 Å². The number of esters is 1. The third kappa shape index (κ3) is 10.6. The van der Waals surface area contributed by atoms with Crippen molar-refractivity contribution in [2.24, 2.45) is 5.92 Å². The lowest BCUT2D eigenvalue weighted by Crippen LogP contribution is -2.13. The lowest BCUT2D eigenvalue weighted by atomic mass is 9.98. The topological polar surface area (TPSA) is 26.3 Å². The highest BCUT2D eigenvalue weighted by molar-refractivity contribution is 5.68. The monoisotopic (exact) mass is 256 g/mol. The van der Waals surface area contributed by atoms with Crippen LogP contribution in [0.1, 0.15) is 85.0 Å². The summed E-state index contributed by atoms with van der Waals surface area (Å²) in [4.78, 5) is 11.1. The van der Waals surface area contributed by atoms with Crippen LogP contribution in [-0.4, -0.2) is 12.6 Å². The Labute approximate surface area is 113 Å². The molecule has 0 amide bonds. The van der Waals surface area contributed by atoms with Gasteiger partial charge >= 0.3 is 5.97 Å². The molecular weight excluding hydrogens is 224 g/mol. The molecule has 18 heavy (non-hydrogen) atoms. The maximum absolute atomic E-state index is 11.1. The molecule has 0 saturated carbocycles. The van der Waals surface area contributed by atoms with Crippen molar-refractivity contribution in [2.75, 3.05) is 6.61 Å². The van der Waals surface area contributed by atoms with E-state index >= 15 is 0 Å². The van der Waals surface area contributed by atoms with Crippen LogP contribution in [0, 0.1) is 5.92 Å². The van der Waals surface area contributed by atoms with Crippen LogP contribution in [0.25, 0.3) is 0 Å².